The number of hydrogen-bond donors (Lipinski definition) is 4. The number of likely N-dealkylation sites (tertiary alicyclic amines) is 1. The maximum atomic E-state index is 13.6. The van der Waals surface area contributed by atoms with Gasteiger partial charge in [0.15, 0.2) is 21.7 Å². The molecule has 2 saturated carbocycles. The minimum absolute atomic E-state index is 0.114. The Morgan fingerprint density at radius 3 is 2.04 bits per heavy atom. The van der Waals surface area contributed by atoms with Crippen molar-refractivity contribution in [3.63, 3.8) is 0 Å². The number of anilines is 3. The Hall–Kier alpha value is -7.58. The first-order valence-electron chi connectivity index (χ1n) is 31.8. The molecule has 4 bridgehead atoms. The molecule has 0 spiro atoms. The highest BCUT2D eigenvalue weighted by molar-refractivity contribution is 7.90. The van der Waals surface area contributed by atoms with Crippen molar-refractivity contribution in [1.29, 1.82) is 0 Å². The number of carbonyl (C=O) groups is 3. The first-order valence-corrected chi connectivity index (χ1v) is 35.2. The average molecular weight is 1320 g/mol. The number of halogens is 1. The van der Waals surface area contributed by atoms with E-state index in [1.807, 2.05) is 30.4 Å². The fourth-order valence-electron chi connectivity index (χ4n) is 11.9. The molecule has 2 aliphatic carbocycles. The van der Waals surface area contributed by atoms with E-state index in [0.717, 1.165) is 83.0 Å². The number of aromatic nitrogens is 8. The lowest BCUT2D eigenvalue weighted by molar-refractivity contribution is 0.0130. The molecule has 27 heteroatoms. The summed E-state index contributed by atoms with van der Waals surface area (Å²) in [7, 11) is -8.49. The molecule has 2 saturated heterocycles. The van der Waals surface area contributed by atoms with Crippen molar-refractivity contribution in [3.05, 3.63) is 102 Å². The first-order chi connectivity index (χ1) is 43.4. The van der Waals surface area contributed by atoms with Crippen LogP contribution in [-0.4, -0.2) is 135 Å². The van der Waals surface area contributed by atoms with Crippen molar-refractivity contribution in [2.75, 3.05) is 54.9 Å². The molecule has 4 N–H and O–H groups in total. The van der Waals surface area contributed by atoms with Crippen molar-refractivity contribution < 1.29 is 45.4 Å². The summed E-state index contributed by atoms with van der Waals surface area (Å²) in [5.74, 6) is 1.38. The van der Waals surface area contributed by atoms with Crippen molar-refractivity contribution >= 4 is 66.7 Å². The van der Waals surface area contributed by atoms with E-state index in [-0.39, 0.29) is 43.5 Å². The molecule has 12 rings (SSSR count). The Morgan fingerprint density at radius 2 is 1.43 bits per heavy atom. The van der Waals surface area contributed by atoms with Crippen molar-refractivity contribution in [1.82, 2.24) is 53.8 Å². The third-order valence-electron chi connectivity index (χ3n) is 17.9. The van der Waals surface area contributed by atoms with E-state index in [9.17, 15) is 31.2 Å². The van der Waals surface area contributed by atoms with Gasteiger partial charge < -0.3 is 34.6 Å². The van der Waals surface area contributed by atoms with Crippen LogP contribution in [0.2, 0.25) is 5.15 Å². The van der Waals surface area contributed by atoms with E-state index in [1.54, 1.807) is 53.5 Å². The standard InChI is InChI=1S/C35H48ClN7O6S.C30H39N7O4S/c1-33(2,3)49-32(45)42-23-24(21-34(42,4)5)9-7-8-18-37-25-10-13-29(38-22-25)50(46,47)41-31(44)26-11-12-27(39-30(26)36)43-19-14-28(40-43)48-20-17-35(6)15-16-35;1-29(2)18-21-6-4-5-15-31-22-7-10-26(32-19-22)42(39,40)35-28(38)23-8-9-24(33-27(23)36(29)20-21)37-16-11-25(34-37)41-17-14-30(3)12-13-30/h10-14,19,22,24,37H,7-9,15-18,20-21,23H2,1-6H3,(H,41,44);7-11,16,19,21,31H,4-6,12-15,17-18,20H2,1-3H3,(H,35,38). The number of rotatable bonds is 19. The van der Waals surface area contributed by atoms with Gasteiger partial charge in [0.25, 0.3) is 31.9 Å². The molecule has 3 amide bonds. The van der Waals surface area contributed by atoms with Gasteiger partial charge in [-0.05, 0) is 197 Å². The van der Waals surface area contributed by atoms with E-state index in [4.69, 9.17) is 30.8 Å². The van der Waals surface area contributed by atoms with Crippen LogP contribution < -0.4 is 34.5 Å². The topological polar surface area (TPSA) is 289 Å². The van der Waals surface area contributed by atoms with Crippen LogP contribution in [0.1, 0.15) is 173 Å². The van der Waals surface area contributed by atoms with Crippen LogP contribution >= 0.6 is 11.6 Å². The van der Waals surface area contributed by atoms with Gasteiger partial charge in [0, 0.05) is 61.8 Å². The van der Waals surface area contributed by atoms with E-state index < -0.39 is 37.5 Å². The number of pyridine rings is 4. The average Bonchev–Trinajstić information content (AvgIpc) is 1.66. The van der Waals surface area contributed by atoms with Crippen molar-refractivity contribution in [2.45, 2.75) is 179 Å². The lowest BCUT2D eigenvalue weighted by atomic mass is 9.93. The molecule has 0 radical (unpaired) electrons. The van der Waals surface area contributed by atoms with Crippen LogP contribution in [-0.2, 0) is 24.8 Å². The molecule has 6 aromatic heterocycles. The summed E-state index contributed by atoms with van der Waals surface area (Å²) < 4.78 is 76.7. The summed E-state index contributed by atoms with van der Waals surface area (Å²) in [5.41, 5.74) is 1.17. The number of ether oxygens (including phenoxy) is 3. The second kappa shape index (κ2) is 27.2. The summed E-state index contributed by atoms with van der Waals surface area (Å²) in [4.78, 5) is 60.4. The predicted molar refractivity (Wildman–Crippen MR) is 350 cm³/mol. The Balaban J connectivity index is 0.000000204. The van der Waals surface area contributed by atoms with Gasteiger partial charge in [0.1, 0.15) is 16.6 Å². The number of hydrogen-bond acceptors (Lipinski definition) is 19. The highest BCUT2D eigenvalue weighted by Crippen LogP contribution is 2.49. The number of fused-ring (bicyclic) bond motifs is 8. The lowest BCUT2D eigenvalue weighted by Gasteiger charge is -2.34. The fourth-order valence-corrected chi connectivity index (χ4v) is 14.0. The Kier molecular flexibility index (Phi) is 19.9. The van der Waals surface area contributed by atoms with Crippen LogP contribution in [0.3, 0.4) is 0 Å². The second-order valence-electron chi connectivity index (χ2n) is 28.0. The summed E-state index contributed by atoms with van der Waals surface area (Å²) in [6.45, 7) is 22.6. The number of nitrogens with one attached hydrogen (secondary N) is 4. The van der Waals surface area contributed by atoms with Crippen LogP contribution in [0.25, 0.3) is 11.6 Å². The van der Waals surface area contributed by atoms with Crippen molar-refractivity contribution in [3.8, 4) is 23.4 Å². The first kappa shape index (κ1) is 67.3. The van der Waals surface area contributed by atoms with Crippen LogP contribution in [0.4, 0.5) is 22.0 Å². The molecular weight excluding hydrogens is 1240 g/mol. The minimum atomic E-state index is -4.28. The molecular formula is C65H87ClN14O10S2. The minimum Gasteiger partial charge on any atom is -0.477 e. The lowest BCUT2D eigenvalue weighted by Crippen LogP contribution is -2.45. The molecule has 4 fully saturated rings. The van der Waals surface area contributed by atoms with Gasteiger partial charge in [0.05, 0.1) is 48.1 Å². The quantitative estimate of drug-likeness (QED) is 0.0433. The zero-order valence-electron chi connectivity index (χ0n) is 54.1. The zero-order valence-corrected chi connectivity index (χ0v) is 56.5. The second-order valence-corrected chi connectivity index (χ2v) is 31.6. The number of amides is 3. The summed E-state index contributed by atoms with van der Waals surface area (Å²) in [6, 6.07) is 15.7. The molecule has 496 valence electrons. The molecule has 2 atom stereocenters. The number of carbonyl (C=O) groups excluding carboxylic acids is 3. The van der Waals surface area contributed by atoms with E-state index in [1.165, 1.54) is 67.0 Å². The molecule has 6 aliphatic rings. The van der Waals surface area contributed by atoms with Crippen LogP contribution in [0.15, 0.2) is 95.5 Å². The molecule has 4 aliphatic heterocycles. The third kappa shape index (κ3) is 17.4. The molecule has 0 aromatic carbocycles. The number of sulfonamides is 2. The van der Waals surface area contributed by atoms with Gasteiger partial charge >= 0.3 is 6.09 Å². The van der Waals surface area contributed by atoms with Crippen LogP contribution in [0, 0.1) is 22.7 Å². The molecule has 2 unspecified atom stereocenters. The van der Waals surface area contributed by atoms with Gasteiger partial charge in [-0.15, -0.1) is 10.2 Å². The van der Waals surface area contributed by atoms with Gasteiger partial charge in [-0.3, -0.25) is 9.59 Å². The van der Waals surface area contributed by atoms with Gasteiger partial charge in [-0.25, -0.2) is 43.5 Å². The highest BCUT2D eigenvalue weighted by atomic mass is 35.5. The Morgan fingerprint density at radius 1 is 0.772 bits per heavy atom. The summed E-state index contributed by atoms with van der Waals surface area (Å²) in [6.07, 6.45) is 20.8. The molecule has 24 nitrogen and oxygen atoms in total. The monoisotopic (exact) mass is 1320 g/mol. The third-order valence-corrected chi connectivity index (χ3v) is 20.7. The SMILES string of the molecule is CC1(CCOc2ccn(-c3ccc(C(=O)NS(=O)(=O)c4ccc(NCCCCC5CN(C(=O)OC(C)(C)C)C(C)(C)C5)cn4)c(Cl)n3)n2)CC1.CC1(CCOc2ccn(-c3ccc4c(n3)N3CC(CCCCNc5ccc(nc5)S(=O)(=O)NC4=O)CC3(C)C)n2)CC1. The number of unbranched alkanes of at least 4 members (excludes halogenated alkanes) is 1. The van der Waals surface area contributed by atoms with E-state index in [2.05, 4.69) is 86.9 Å². The summed E-state index contributed by atoms with van der Waals surface area (Å²) >= 11 is 6.29. The molecule has 92 heavy (non-hydrogen) atoms. The summed E-state index contributed by atoms with van der Waals surface area (Å²) in [5, 5.41) is 14.8. The Labute approximate surface area is 544 Å². The normalized spacial score (nSPS) is 20.1. The van der Waals surface area contributed by atoms with Gasteiger partial charge in [0.2, 0.25) is 11.8 Å². The fraction of sp³-hybridized carbons (Fsp3) is 0.554. The van der Waals surface area contributed by atoms with Gasteiger partial charge in [-0.1, -0.05) is 38.3 Å². The maximum Gasteiger partial charge on any atom is 0.410 e. The van der Waals surface area contributed by atoms with Crippen molar-refractivity contribution in [2.24, 2.45) is 22.7 Å². The zero-order chi connectivity index (χ0) is 65.9. The smallest absolute Gasteiger partial charge is 0.410 e. The highest BCUT2D eigenvalue weighted by Gasteiger charge is 2.44. The van der Waals surface area contributed by atoms with Crippen LogP contribution in [0.5, 0.6) is 11.8 Å². The predicted octanol–water partition coefficient (Wildman–Crippen LogP) is 11.2. The maximum absolute atomic E-state index is 13.6. The molecule has 6 aromatic rings. The Bertz CT molecular complexity index is 3850. The van der Waals surface area contributed by atoms with E-state index in [0.29, 0.717) is 83.9 Å². The van der Waals surface area contributed by atoms with E-state index >= 15 is 0 Å². The van der Waals surface area contributed by atoms with Gasteiger partial charge in [-0.2, -0.15) is 16.8 Å². The largest absolute Gasteiger partial charge is 0.477 e. The number of nitrogens with zero attached hydrogens (tertiary/aromatic N) is 10. The molecule has 10 heterocycles.